The third kappa shape index (κ3) is 5.12. The molecule has 108 valence electrons. The van der Waals surface area contributed by atoms with Gasteiger partial charge in [-0.05, 0) is 23.6 Å². The fraction of sp³-hybridized carbons (Fsp3) is 0.500. The lowest BCUT2D eigenvalue weighted by molar-refractivity contribution is 0.460. The van der Waals surface area contributed by atoms with Gasteiger partial charge in [-0.1, -0.05) is 36.2 Å². The predicted octanol–water partition coefficient (Wildman–Crippen LogP) is 3.63. The quantitative estimate of drug-likeness (QED) is 0.739. The van der Waals surface area contributed by atoms with Crippen LogP contribution >= 0.6 is 34.8 Å². The van der Waals surface area contributed by atoms with Gasteiger partial charge in [0.05, 0.1) is 5.75 Å². The van der Waals surface area contributed by atoms with Gasteiger partial charge in [-0.3, -0.25) is 0 Å². The predicted molar refractivity (Wildman–Crippen MR) is 81.6 cm³/mol. The van der Waals surface area contributed by atoms with Gasteiger partial charge in [-0.15, -0.1) is 11.6 Å². The van der Waals surface area contributed by atoms with E-state index >= 15 is 0 Å². The summed E-state index contributed by atoms with van der Waals surface area (Å²) in [7, 11) is -1.81. The summed E-state index contributed by atoms with van der Waals surface area (Å²) in [5, 5.41) is 0.981. The van der Waals surface area contributed by atoms with Crippen LogP contribution in [0, 0.1) is 5.92 Å². The van der Waals surface area contributed by atoms with Crippen LogP contribution in [-0.2, 0) is 16.6 Å². The largest absolute Gasteiger partial charge is 0.214 e. The van der Waals surface area contributed by atoms with E-state index in [2.05, 4.69) is 0 Å². The molecule has 0 fully saturated rings. The minimum absolute atomic E-state index is 0.0260. The molecule has 1 aromatic rings. The Bertz CT molecular complexity index is 534. The summed E-state index contributed by atoms with van der Waals surface area (Å²) in [5.41, 5.74) is 0.718. The Morgan fingerprint density at radius 1 is 1.32 bits per heavy atom. The Kier molecular flexibility index (Phi) is 6.40. The van der Waals surface area contributed by atoms with E-state index in [1.54, 1.807) is 25.1 Å². The van der Waals surface area contributed by atoms with Crippen LogP contribution in [0.3, 0.4) is 0 Å². The molecule has 7 heteroatoms. The summed E-state index contributed by atoms with van der Waals surface area (Å²) in [6, 6.07) is 5.01. The van der Waals surface area contributed by atoms with E-state index in [1.807, 2.05) is 0 Å². The zero-order valence-corrected chi connectivity index (χ0v) is 13.8. The number of hydrogen-bond donors (Lipinski definition) is 0. The molecule has 0 N–H and O–H groups in total. The van der Waals surface area contributed by atoms with Crippen LogP contribution in [0.15, 0.2) is 18.2 Å². The first-order valence-corrected chi connectivity index (χ1v) is 8.60. The van der Waals surface area contributed by atoms with Crippen LogP contribution in [0.5, 0.6) is 0 Å². The summed E-state index contributed by atoms with van der Waals surface area (Å²) >= 11 is 17.5. The fourth-order valence-corrected chi connectivity index (χ4v) is 3.65. The van der Waals surface area contributed by atoms with E-state index < -0.39 is 10.0 Å². The van der Waals surface area contributed by atoms with E-state index in [0.29, 0.717) is 15.9 Å². The molecule has 0 aliphatic heterocycles. The molecule has 0 amide bonds. The van der Waals surface area contributed by atoms with Crippen molar-refractivity contribution in [2.45, 2.75) is 13.5 Å². The summed E-state index contributed by atoms with van der Waals surface area (Å²) in [6.07, 6.45) is 0. The fourth-order valence-electron chi connectivity index (χ4n) is 1.52. The van der Waals surface area contributed by atoms with Gasteiger partial charge in [-0.2, -0.15) is 0 Å². The van der Waals surface area contributed by atoms with Crippen LogP contribution in [0.1, 0.15) is 12.5 Å². The van der Waals surface area contributed by atoms with Gasteiger partial charge in [0, 0.05) is 29.5 Å². The molecule has 0 saturated heterocycles. The van der Waals surface area contributed by atoms with Gasteiger partial charge >= 0.3 is 0 Å². The third-order valence-electron chi connectivity index (χ3n) is 2.64. The molecule has 0 bridgehead atoms. The molecular formula is C12H16Cl3NO2S. The van der Waals surface area contributed by atoms with Crippen molar-refractivity contribution in [2.24, 2.45) is 5.92 Å². The standard InChI is InChI=1S/C12H16Cl3NO2S/c1-9(6-13)8-19(17,18)16(2)7-10-3-4-11(14)5-12(10)15/h3-5,9H,6-8H2,1-2H3. The SMILES string of the molecule is CC(CCl)CS(=O)(=O)N(C)Cc1ccc(Cl)cc1Cl. The van der Waals surface area contributed by atoms with Gasteiger partial charge in [-0.25, -0.2) is 12.7 Å². The average Bonchev–Trinajstić information content (AvgIpc) is 2.31. The van der Waals surface area contributed by atoms with Crippen molar-refractivity contribution in [3.8, 4) is 0 Å². The second kappa shape index (κ2) is 7.14. The first-order chi connectivity index (χ1) is 8.76. The van der Waals surface area contributed by atoms with E-state index in [-0.39, 0.29) is 18.2 Å². The topological polar surface area (TPSA) is 37.4 Å². The molecule has 0 aliphatic rings. The molecule has 1 aromatic carbocycles. The van der Waals surface area contributed by atoms with Gasteiger partial charge < -0.3 is 0 Å². The van der Waals surface area contributed by atoms with Crippen molar-refractivity contribution in [1.29, 1.82) is 0 Å². The number of alkyl halides is 1. The number of halogens is 3. The Labute approximate surface area is 129 Å². The number of rotatable bonds is 6. The minimum Gasteiger partial charge on any atom is -0.212 e. The summed E-state index contributed by atoms with van der Waals surface area (Å²) in [6.45, 7) is 2.01. The maximum atomic E-state index is 12.1. The van der Waals surface area contributed by atoms with Crippen LogP contribution in [-0.4, -0.2) is 31.4 Å². The van der Waals surface area contributed by atoms with Crippen LogP contribution in [0.4, 0.5) is 0 Å². The monoisotopic (exact) mass is 343 g/mol. The number of nitrogens with zero attached hydrogens (tertiary/aromatic N) is 1. The highest BCUT2D eigenvalue weighted by molar-refractivity contribution is 7.89. The summed E-state index contributed by atoms with van der Waals surface area (Å²) in [4.78, 5) is 0. The summed E-state index contributed by atoms with van der Waals surface area (Å²) < 4.78 is 25.4. The third-order valence-corrected chi connectivity index (χ3v) is 5.82. The van der Waals surface area contributed by atoms with Crippen LogP contribution in [0.25, 0.3) is 0 Å². The smallest absolute Gasteiger partial charge is 0.212 e. The molecule has 0 saturated carbocycles. The van der Waals surface area contributed by atoms with Gasteiger partial charge in [0.25, 0.3) is 0 Å². The lowest BCUT2D eigenvalue weighted by Gasteiger charge is -2.19. The Morgan fingerprint density at radius 2 is 1.95 bits per heavy atom. The van der Waals surface area contributed by atoms with E-state index in [0.717, 1.165) is 5.56 Å². The van der Waals surface area contributed by atoms with Crippen molar-refractivity contribution < 1.29 is 8.42 Å². The lowest BCUT2D eigenvalue weighted by atomic mass is 10.2. The Hall–Kier alpha value is -0.000000000000000222. The molecule has 0 aromatic heterocycles. The number of hydrogen-bond acceptors (Lipinski definition) is 2. The maximum absolute atomic E-state index is 12.1. The van der Waals surface area contributed by atoms with Gasteiger partial charge in [0.2, 0.25) is 10.0 Å². The molecule has 0 aliphatic carbocycles. The first-order valence-electron chi connectivity index (χ1n) is 5.70. The van der Waals surface area contributed by atoms with Crippen molar-refractivity contribution >= 4 is 44.8 Å². The second-order valence-electron chi connectivity index (χ2n) is 4.53. The molecule has 0 heterocycles. The molecular weight excluding hydrogens is 329 g/mol. The van der Waals surface area contributed by atoms with E-state index in [9.17, 15) is 8.42 Å². The van der Waals surface area contributed by atoms with Crippen molar-refractivity contribution in [1.82, 2.24) is 4.31 Å². The highest BCUT2D eigenvalue weighted by Gasteiger charge is 2.21. The normalized spacial score (nSPS) is 13.8. The molecule has 1 rings (SSSR count). The molecule has 0 radical (unpaired) electrons. The minimum atomic E-state index is -3.34. The molecule has 3 nitrogen and oxygen atoms in total. The maximum Gasteiger partial charge on any atom is 0.214 e. The van der Waals surface area contributed by atoms with E-state index in [4.69, 9.17) is 34.8 Å². The van der Waals surface area contributed by atoms with Crippen LogP contribution in [0.2, 0.25) is 10.0 Å². The van der Waals surface area contributed by atoms with Crippen molar-refractivity contribution in [3.63, 3.8) is 0 Å². The number of benzene rings is 1. The molecule has 1 atom stereocenters. The highest BCUT2D eigenvalue weighted by Crippen LogP contribution is 2.23. The highest BCUT2D eigenvalue weighted by atomic mass is 35.5. The molecule has 19 heavy (non-hydrogen) atoms. The lowest BCUT2D eigenvalue weighted by Crippen LogP contribution is -2.31. The van der Waals surface area contributed by atoms with E-state index in [1.165, 1.54) is 11.4 Å². The van der Waals surface area contributed by atoms with Crippen molar-refractivity contribution in [3.05, 3.63) is 33.8 Å². The molecule has 0 spiro atoms. The van der Waals surface area contributed by atoms with Gasteiger partial charge in [0.15, 0.2) is 0 Å². The zero-order valence-electron chi connectivity index (χ0n) is 10.7. The zero-order chi connectivity index (χ0) is 14.6. The van der Waals surface area contributed by atoms with Gasteiger partial charge in [0.1, 0.15) is 0 Å². The first kappa shape index (κ1) is 17.1. The average molecular weight is 345 g/mol. The number of sulfonamides is 1. The summed E-state index contributed by atoms with van der Waals surface area (Å²) in [5.74, 6) is 0.252. The Morgan fingerprint density at radius 3 is 2.47 bits per heavy atom. The second-order valence-corrected chi connectivity index (χ2v) is 7.80. The Balaban J connectivity index is 2.81. The molecule has 1 unspecified atom stereocenters. The van der Waals surface area contributed by atoms with Crippen LogP contribution < -0.4 is 0 Å². The van der Waals surface area contributed by atoms with Crippen molar-refractivity contribution in [2.75, 3.05) is 18.7 Å².